The summed E-state index contributed by atoms with van der Waals surface area (Å²) < 4.78 is 24.7. The smallest absolute Gasteiger partial charge is 0.309 e. The lowest BCUT2D eigenvalue weighted by atomic mass is 9.91. The van der Waals surface area contributed by atoms with Crippen LogP contribution in [-0.2, 0) is 16.0 Å². The van der Waals surface area contributed by atoms with Gasteiger partial charge in [0.05, 0.1) is 24.8 Å². The zero-order chi connectivity index (χ0) is 24.1. The van der Waals surface area contributed by atoms with Crippen molar-refractivity contribution in [3.63, 3.8) is 0 Å². The van der Waals surface area contributed by atoms with E-state index in [9.17, 15) is 14.0 Å². The molecule has 1 fully saturated rings. The highest BCUT2D eigenvalue weighted by Crippen LogP contribution is 2.41. The highest BCUT2D eigenvalue weighted by Gasteiger charge is 2.33. The van der Waals surface area contributed by atoms with Gasteiger partial charge in [0.15, 0.2) is 5.76 Å². The Hall–Kier alpha value is -2.97. The molecule has 2 aromatic heterocycles. The Bertz CT molecular complexity index is 1120. The molecular formula is C26H29FN2O4S. The summed E-state index contributed by atoms with van der Waals surface area (Å²) in [5, 5.41) is 3.73. The third kappa shape index (κ3) is 5.39. The van der Waals surface area contributed by atoms with Gasteiger partial charge >= 0.3 is 5.97 Å². The van der Waals surface area contributed by atoms with Gasteiger partial charge in [0, 0.05) is 10.4 Å². The molecule has 1 aromatic carbocycles. The minimum atomic E-state index is -0.324. The van der Waals surface area contributed by atoms with Crippen LogP contribution in [0.5, 0.6) is 0 Å². The van der Waals surface area contributed by atoms with Crippen LogP contribution in [0.3, 0.4) is 0 Å². The zero-order valence-corrected chi connectivity index (χ0v) is 20.2. The van der Waals surface area contributed by atoms with Gasteiger partial charge in [-0.1, -0.05) is 19.1 Å². The van der Waals surface area contributed by atoms with Crippen LogP contribution < -0.4 is 5.32 Å². The lowest BCUT2D eigenvalue weighted by molar-refractivity contribution is -0.149. The number of likely N-dealkylation sites (tertiary alicyclic amines) is 1. The number of furan rings is 1. The monoisotopic (exact) mass is 484 g/mol. The van der Waals surface area contributed by atoms with E-state index >= 15 is 0 Å². The van der Waals surface area contributed by atoms with E-state index in [4.69, 9.17) is 9.15 Å². The molecule has 1 aliphatic rings. The van der Waals surface area contributed by atoms with Gasteiger partial charge in [-0.05, 0) is 75.2 Å². The van der Waals surface area contributed by atoms with Crippen molar-refractivity contribution in [3.05, 3.63) is 76.3 Å². The lowest BCUT2D eigenvalue weighted by Crippen LogP contribution is -2.39. The summed E-state index contributed by atoms with van der Waals surface area (Å²) >= 11 is 1.52. The predicted molar refractivity (Wildman–Crippen MR) is 130 cm³/mol. The quantitative estimate of drug-likeness (QED) is 0.418. The average Bonchev–Trinajstić information content (AvgIpc) is 3.51. The number of carbonyl (C=O) groups excluding carboxylic acids is 2. The number of aryl methyl sites for hydroxylation is 1. The average molecular weight is 485 g/mol. The summed E-state index contributed by atoms with van der Waals surface area (Å²) in [7, 11) is 0. The van der Waals surface area contributed by atoms with Gasteiger partial charge in [-0.25, -0.2) is 4.39 Å². The van der Waals surface area contributed by atoms with Gasteiger partial charge in [-0.3, -0.25) is 14.5 Å². The Morgan fingerprint density at radius 3 is 2.65 bits per heavy atom. The van der Waals surface area contributed by atoms with Crippen LogP contribution >= 0.6 is 11.3 Å². The number of piperidine rings is 1. The first-order valence-corrected chi connectivity index (χ1v) is 12.4. The summed E-state index contributed by atoms with van der Waals surface area (Å²) in [5.41, 5.74) is 1.73. The molecule has 0 saturated carbocycles. The first kappa shape index (κ1) is 24.2. The number of rotatable bonds is 8. The minimum Gasteiger partial charge on any atom is -0.466 e. The molecule has 34 heavy (non-hydrogen) atoms. The molecule has 1 saturated heterocycles. The Balaban J connectivity index is 1.67. The normalized spacial score (nSPS) is 15.7. The van der Waals surface area contributed by atoms with Crippen LogP contribution in [0.2, 0.25) is 0 Å². The molecule has 0 unspecified atom stereocenters. The molecule has 3 heterocycles. The second kappa shape index (κ2) is 11.0. The number of esters is 1. The van der Waals surface area contributed by atoms with Crippen molar-refractivity contribution in [2.24, 2.45) is 5.92 Å². The third-order valence-corrected chi connectivity index (χ3v) is 7.32. The second-order valence-corrected chi connectivity index (χ2v) is 9.44. The molecule has 0 spiro atoms. The molecular weight excluding hydrogens is 455 g/mol. The Morgan fingerprint density at radius 2 is 2.00 bits per heavy atom. The number of hydrogen-bond acceptors (Lipinski definition) is 6. The molecule has 4 rings (SSSR count). The van der Waals surface area contributed by atoms with Crippen LogP contribution in [0.25, 0.3) is 0 Å². The predicted octanol–water partition coefficient (Wildman–Crippen LogP) is 5.66. The highest BCUT2D eigenvalue weighted by molar-refractivity contribution is 7.16. The van der Waals surface area contributed by atoms with Gasteiger partial charge in [-0.15, -0.1) is 11.3 Å². The van der Waals surface area contributed by atoms with Crippen LogP contribution in [0.1, 0.15) is 59.3 Å². The topological polar surface area (TPSA) is 71.8 Å². The van der Waals surface area contributed by atoms with Gasteiger partial charge in [0.2, 0.25) is 0 Å². The molecule has 6 nitrogen and oxygen atoms in total. The van der Waals surface area contributed by atoms with Crippen LogP contribution in [-0.4, -0.2) is 36.5 Å². The number of anilines is 1. The summed E-state index contributed by atoms with van der Waals surface area (Å²) in [6, 6.07) is 11.7. The van der Waals surface area contributed by atoms with E-state index in [1.54, 1.807) is 24.3 Å². The largest absolute Gasteiger partial charge is 0.466 e. The molecule has 0 bridgehead atoms. The van der Waals surface area contributed by atoms with E-state index in [1.807, 2.05) is 13.0 Å². The summed E-state index contributed by atoms with van der Waals surface area (Å²) in [6.45, 7) is 5.57. The first-order valence-electron chi connectivity index (χ1n) is 11.6. The summed E-state index contributed by atoms with van der Waals surface area (Å²) in [4.78, 5) is 28.4. The maximum atomic E-state index is 14.3. The van der Waals surface area contributed by atoms with Crippen LogP contribution in [0.15, 0.2) is 53.1 Å². The number of nitrogens with one attached hydrogen (secondary N) is 1. The molecule has 1 N–H and O–H groups in total. The Morgan fingerprint density at radius 1 is 1.21 bits per heavy atom. The number of halogens is 1. The van der Waals surface area contributed by atoms with Crippen molar-refractivity contribution in [2.45, 2.75) is 39.2 Å². The van der Waals surface area contributed by atoms with Crippen molar-refractivity contribution in [2.75, 3.05) is 25.0 Å². The third-order valence-electron chi connectivity index (χ3n) is 6.11. The fourth-order valence-electron chi connectivity index (χ4n) is 4.42. The fraction of sp³-hybridized carbons (Fsp3) is 0.385. The molecule has 3 aromatic rings. The highest BCUT2D eigenvalue weighted by atomic mass is 32.1. The number of carbonyl (C=O) groups is 2. The van der Waals surface area contributed by atoms with E-state index in [2.05, 4.69) is 23.2 Å². The molecule has 8 heteroatoms. The molecule has 1 aliphatic heterocycles. The van der Waals surface area contributed by atoms with Gasteiger partial charge in [-0.2, -0.15) is 0 Å². The van der Waals surface area contributed by atoms with Crippen LogP contribution in [0.4, 0.5) is 9.39 Å². The zero-order valence-electron chi connectivity index (χ0n) is 19.4. The number of thiophene rings is 1. The fourth-order valence-corrected chi connectivity index (χ4v) is 5.45. The number of hydrogen-bond donors (Lipinski definition) is 1. The number of nitrogens with zero attached hydrogens (tertiary/aromatic N) is 1. The standard InChI is InChI=1S/C26H29FN2O4S/c1-3-20-16-21(25(34-20)28-24(30)22-9-6-14-33-22)23(18-7-5-8-19(27)15-18)29-12-10-17(11-13-29)26(31)32-4-2/h5-9,14-17,23H,3-4,10-13H2,1-2H3,(H,28,30)/t23-/m0/s1. The van der Waals surface area contributed by atoms with E-state index in [0.717, 1.165) is 27.4 Å². The van der Waals surface area contributed by atoms with Crippen molar-refractivity contribution >= 4 is 28.2 Å². The van der Waals surface area contributed by atoms with Crippen molar-refractivity contribution in [1.82, 2.24) is 4.90 Å². The van der Waals surface area contributed by atoms with E-state index in [-0.39, 0.29) is 35.4 Å². The molecule has 0 radical (unpaired) electrons. The van der Waals surface area contributed by atoms with Crippen molar-refractivity contribution < 1.29 is 23.1 Å². The molecule has 1 amide bonds. The van der Waals surface area contributed by atoms with E-state index < -0.39 is 0 Å². The molecule has 0 aliphatic carbocycles. The number of amides is 1. The SMILES string of the molecule is CCOC(=O)C1CCN([C@@H](c2cccc(F)c2)c2cc(CC)sc2NC(=O)c2ccco2)CC1. The van der Waals surface area contributed by atoms with E-state index in [0.29, 0.717) is 32.5 Å². The van der Waals surface area contributed by atoms with E-state index in [1.165, 1.54) is 23.7 Å². The van der Waals surface area contributed by atoms with Crippen molar-refractivity contribution in [3.8, 4) is 0 Å². The second-order valence-electron chi connectivity index (χ2n) is 8.30. The Labute approximate surface area is 202 Å². The maximum Gasteiger partial charge on any atom is 0.309 e. The number of benzene rings is 1. The van der Waals surface area contributed by atoms with Crippen molar-refractivity contribution in [1.29, 1.82) is 0 Å². The van der Waals surface area contributed by atoms with Gasteiger partial charge < -0.3 is 14.5 Å². The minimum absolute atomic E-state index is 0.129. The first-order chi connectivity index (χ1) is 16.5. The maximum absolute atomic E-state index is 14.3. The summed E-state index contributed by atoms with van der Waals surface area (Å²) in [6.07, 6.45) is 3.62. The van der Waals surface area contributed by atoms with Crippen LogP contribution in [0, 0.1) is 11.7 Å². The Kier molecular flexibility index (Phi) is 7.80. The summed E-state index contributed by atoms with van der Waals surface area (Å²) in [5.74, 6) is -0.684. The molecule has 1 atom stereocenters. The van der Waals surface area contributed by atoms with Gasteiger partial charge in [0.1, 0.15) is 10.8 Å². The lowest BCUT2D eigenvalue weighted by Gasteiger charge is -2.37. The molecule has 180 valence electrons. The van der Waals surface area contributed by atoms with Gasteiger partial charge in [0.25, 0.3) is 5.91 Å². The number of ether oxygens (including phenoxy) is 1.